The van der Waals surface area contributed by atoms with E-state index < -0.39 is 11.8 Å². The number of aryl methyl sites for hydroxylation is 1. The summed E-state index contributed by atoms with van der Waals surface area (Å²) in [6, 6.07) is 9.75. The van der Waals surface area contributed by atoms with Gasteiger partial charge in [0.05, 0.1) is 0 Å². The molecular formula is C35H40N2O6S2. The van der Waals surface area contributed by atoms with Gasteiger partial charge in [0.25, 0.3) is 5.91 Å². The quantitative estimate of drug-likeness (QED) is 0.173. The number of hydrogen-bond donors (Lipinski definition) is 1. The third kappa shape index (κ3) is 7.98. The van der Waals surface area contributed by atoms with Crippen LogP contribution in [0.15, 0.2) is 72.5 Å². The number of carbonyl (C=O) groups is 2. The average molecular weight is 649 g/mol. The van der Waals surface area contributed by atoms with E-state index in [4.69, 9.17) is 13.6 Å². The smallest absolute Gasteiger partial charge is 0.453 e. The monoisotopic (exact) mass is 648 g/mol. The molecule has 3 aromatic rings. The van der Waals surface area contributed by atoms with Crippen molar-refractivity contribution < 1.29 is 23.2 Å². The van der Waals surface area contributed by atoms with Gasteiger partial charge in [-0.15, -0.1) is 23.1 Å². The molecule has 2 aromatic heterocycles. The third-order valence-electron chi connectivity index (χ3n) is 8.62. The van der Waals surface area contributed by atoms with Crippen LogP contribution in [0.2, 0.25) is 0 Å². The lowest BCUT2D eigenvalue weighted by molar-refractivity contribution is -0.112. The van der Waals surface area contributed by atoms with Gasteiger partial charge in [-0.3, -0.25) is 4.79 Å². The van der Waals surface area contributed by atoms with Crippen molar-refractivity contribution >= 4 is 46.2 Å². The number of thiophene rings is 1. The zero-order valence-corrected chi connectivity index (χ0v) is 27.9. The molecule has 1 amide bonds. The Morgan fingerprint density at radius 2 is 1.91 bits per heavy atom. The summed E-state index contributed by atoms with van der Waals surface area (Å²) in [5.74, 6) is 0.285. The molecular weight excluding hydrogens is 609 g/mol. The van der Waals surface area contributed by atoms with Gasteiger partial charge in [0, 0.05) is 34.8 Å². The molecule has 0 unspecified atom stereocenters. The lowest BCUT2D eigenvalue weighted by atomic mass is 9.75. The van der Waals surface area contributed by atoms with Crippen LogP contribution in [0.3, 0.4) is 0 Å². The fraction of sp³-hybridized carbons (Fsp3) is 0.400. The molecule has 1 aliphatic heterocycles. The number of carbonyl (C=O) groups excluding carboxylic acids is 2. The van der Waals surface area contributed by atoms with Crippen LogP contribution in [-0.2, 0) is 16.1 Å². The topological polar surface area (TPSA) is 102 Å². The Balaban J connectivity index is 1.48. The first-order valence-corrected chi connectivity index (χ1v) is 17.0. The SMILES string of the molecule is C=CS/C=C(\C)C(=O)Nc1ccc(-c2cc(C3=C(C4CCC(C)CC4)CN(C)CC3)c(C(=O)OCc3oc(=O)oc3C)s2)cc1. The fourth-order valence-corrected chi connectivity index (χ4v) is 7.48. The number of ether oxygens (including phenoxy) is 1. The van der Waals surface area contributed by atoms with Crippen LogP contribution in [-0.4, -0.2) is 36.9 Å². The van der Waals surface area contributed by atoms with Crippen LogP contribution < -0.4 is 11.1 Å². The lowest BCUT2D eigenvalue weighted by Crippen LogP contribution is -2.31. The van der Waals surface area contributed by atoms with Crippen molar-refractivity contribution in [2.24, 2.45) is 11.8 Å². The molecule has 0 bridgehead atoms. The molecule has 1 saturated carbocycles. The minimum Gasteiger partial charge on any atom is -0.453 e. The first kappa shape index (κ1) is 32.8. The van der Waals surface area contributed by atoms with Gasteiger partial charge in [-0.25, -0.2) is 9.59 Å². The second-order valence-electron chi connectivity index (χ2n) is 11.9. The summed E-state index contributed by atoms with van der Waals surface area (Å²) in [5, 5.41) is 6.35. The van der Waals surface area contributed by atoms with Gasteiger partial charge in [-0.05, 0) is 97.7 Å². The largest absolute Gasteiger partial charge is 0.519 e. The van der Waals surface area contributed by atoms with Crippen molar-refractivity contribution in [2.75, 3.05) is 25.5 Å². The van der Waals surface area contributed by atoms with E-state index in [9.17, 15) is 14.4 Å². The molecule has 3 heterocycles. The zero-order valence-electron chi connectivity index (χ0n) is 26.3. The van der Waals surface area contributed by atoms with Gasteiger partial charge in [-0.1, -0.05) is 38.5 Å². The molecule has 45 heavy (non-hydrogen) atoms. The van der Waals surface area contributed by atoms with E-state index in [1.807, 2.05) is 24.3 Å². The highest BCUT2D eigenvalue weighted by Gasteiger charge is 2.31. The number of rotatable bonds is 10. The first-order valence-electron chi connectivity index (χ1n) is 15.3. The molecule has 2 aliphatic rings. The van der Waals surface area contributed by atoms with Crippen LogP contribution in [0, 0.1) is 18.8 Å². The van der Waals surface area contributed by atoms with E-state index in [0.717, 1.165) is 54.3 Å². The zero-order chi connectivity index (χ0) is 32.1. The van der Waals surface area contributed by atoms with E-state index in [-0.39, 0.29) is 18.3 Å². The van der Waals surface area contributed by atoms with E-state index in [2.05, 4.69) is 36.8 Å². The van der Waals surface area contributed by atoms with E-state index in [0.29, 0.717) is 27.8 Å². The molecule has 8 nitrogen and oxygen atoms in total. The number of esters is 1. The third-order valence-corrected chi connectivity index (χ3v) is 10.5. The summed E-state index contributed by atoms with van der Waals surface area (Å²) in [6.07, 6.45) is 5.62. The normalized spacial score (nSPS) is 19.4. The highest BCUT2D eigenvalue weighted by Crippen LogP contribution is 2.44. The van der Waals surface area contributed by atoms with Crippen molar-refractivity contribution in [3.8, 4) is 10.4 Å². The molecule has 1 aliphatic carbocycles. The number of thioether (sulfide) groups is 1. The molecule has 5 rings (SSSR count). The molecule has 0 spiro atoms. The number of likely N-dealkylation sites (N-methyl/N-ethyl adjacent to an activating group) is 1. The Labute approximate surface area is 272 Å². The Morgan fingerprint density at radius 1 is 1.18 bits per heavy atom. The predicted octanol–water partition coefficient (Wildman–Crippen LogP) is 8.26. The number of nitrogens with one attached hydrogen (secondary N) is 1. The summed E-state index contributed by atoms with van der Waals surface area (Å²) in [4.78, 5) is 41.6. The highest BCUT2D eigenvalue weighted by molar-refractivity contribution is 8.04. The number of benzene rings is 1. The van der Waals surface area contributed by atoms with Crippen LogP contribution in [0.1, 0.15) is 72.7 Å². The Hall–Kier alpha value is -3.60. The molecule has 238 valence electrons. The summed E-state index contributed by atoms with van der Waals surface area (Å²) >= 11 is 2.76. The Morgan fingerprint density at radius 3 is 2.58 bits per heavy atom. The van der Waals surface area contributed by atoms with Crippen molar-refractivity contribution in [2.45, 2.75) is 59.5 Å². The van der Waals surface area contributed by atoms with Crippen LogP contribution >= 0.6 is 23.1 Å². The second-order valence-corrected chi connectivity index (χ2v) is 13.8. The molecule has 0 saturated heterocycles. The van der Waals surface area contributed by atoms with Crippen molar-refractivity contribution in [1.29, 1.82) is 0 Å². The number of nitrogens with zero attached hydrogens (tertiary/aromatic N) is 1. The van der Waals surface area contributed by atoms with Gasteiger partial charge < -0.3 is 23.8 Å². The van der Waals surface area contributed by atoms with Gasteiger partial charge in [0.1, 0.15) is 4.88 Å². The summed E-state index contributed by atoms with van der Waals surface area (Å²) in [6.45, 7) is 11.0. The van der Waals surface area contributed by atoms with Crippen LogP contribution in [0.4, 0.5) is 5.69 Å². The Kier molecular flexibility index (Phi) is 10.7. The van der Waals surface area contributed by atoms with Crippen molar-refractivity contribution in [1.82, 2.24) is 4.90 Å². The maximum absolute atomic E-state index is 13.7. The summed E-state index contributed by atoms with van der Waals surface area (Å²) in [7, 11) is 2.16. The van der Waals surface area contributed by atoms with Gasteiger partial charge in [0.15, 0.2) is 18.1 Å². The van der Waals surface area contributed by atoms with Gasteiger partial charge in [-0.2, -0.15) is 0 Å². The predicted molar refractivity (Wildman–Crippen MR) is 181 cm³/mol. The molecule has 1 fully saturated rings. The van der Waals surface area contributed by atoms with Gasteiger partial charge >= 0.3 is 11.8 Å². The molecule has 1 N–H and O–H groups in total. The standard InChI is InChI=1S/C35H40N2O6S2/c1-6-44-20-22(3)33(38)36-26-13-11-25(12-14-26)31-17-28(32(45-31)34(39)41-19-30-23(4)42-35(40)43-30)27-15-16-37(5)18-29(27)24-9-7-21(2)8-10-24/h6,11-14,17,20-21,24H,1,7-10,15-16,18-19H2,2-5H3,(H,36,38)/b22-20+. The van der Waals surface area contributed by atoms with E-state index in [1.165, 1.54) is 47.1 Å². The summed E-state index contributed by atoms with van der Waals surface area (Å²) in [5.41, 5.74) is 5.81. The maximum atomic E-state index is 13.7. The van der Waals surface area contributed by atoms with E-state index in [1.54, 1.807) is 24.7 Å². The minimum atomic E-state index is -0.818. The minimum absolute atomic E-state index is 0.178. The van der Waals surface area contributed by atoms with Crippen molar-refractivity contribution in [3.63, 3.8) is 0 Å². The molecule has 0 atom stereocenters. The Bertz CT molecular complexity index is 1670. The van der Waals surface area contributed by atoms with Crippen LogP contribution in [0.5, 0.6) is 0 Å². The molecule has 1 aromatic carbocycles. The highest BCUT2D eigenvalue weighted by atomic mass is 32.2. The molecule has 0 radical (unpaired) electrons. The van der Waals surface area contributed by atoms with Crippen molar-refractivity contribution in [3.05, 3.63) is 91.5 Å². The lowest BCUT2D eigenvalue weighted by Gasteiger charge is -2.35. The summed E-state index contributed by atoms with van der Waals surface area (Å²) < 4.78 is 15.7. The maximum Gasteiger partial charge on any atom is 0.519 e. The number of amides is 1. The van der Waals surface area contributed by atoms with Crippen LogP contribution in [0.25, 0.3) is 16.0 Å². The first-order chi connectivity index (χ1) is 21.6. The fourth-order valence-electron chi connectivity index (χ4n) is 5.98. The average Bonchev–Trinajstić information content (AvgIpc) is 3.61. The van der Waals surface area contributed by atoms with E-state index >= 15 is 0 Å². The number of hydrogen-bond acceptors (Lipinski definition) is 9. The van der Waals surface area contributed by atoms with Gasteiger partial charge in [0.2, 0.25) is 0 Å². The second kappa shape index (κ2) is 14.7. The molecule has 10 heteroatoms. The number of anilines is 1.